The number of nitrogens with one attached hydrogen (secondary N) is 2. The number of likely N-dealkylation sites (tertiary alicyclic amines) is 1. The Balaban J connectivity index is 1.39. The SMILES string of the molecule is COc1ccc(C)cc1NC(=O)C(=O)NCC1CCN(C(=O)COc2ccccc2)CC1. The summed E-state index contributed by atoms with van der Waals surface area (Å²) in [6, 6.07) is 14.6. The van der Waals surface area contributed by atoms with E-state index in [2.05, 4.69) is 10.6 Å². The van der Waals surface area contributed by atoms with E-state index in [1.54, 1.807) is 17.0 Å². The van der Waals surface area contributed by atoms with Crippen molar-refractivity contribution < 1.29 is 23.9 Å². The number of nitrogens with zero attached hydrogens (tertiary/aromatic N) is 1. The van der Waals surface area contributed by atoms with Crippen molar-refractivity contribution in [1.82, 2.24) is 10.2 Å². The van der Waals surface area contributed by atoms with E-state index in [1.807, 2.05) is 43.3 Å². The quantitative estimate of drug-likeness (QED) is 0.646. The van der Waals surface area contributed by atoms with Gasteiger partial charge in [0.15, 0.2) is 6.61 Å². The van der Waals surface area contributed by atoms with Gasteiger partial charge in [-0.15, -0.1) is 0 Å². The number of rotatable bonds is 7. The van der Waals surface area contributed by atoms with Crippen molar-refractivity contribution in [3.63, 3.8) is 0 Å². The number of ether oxygens (including phenoxy) is 2. The second kappa shape index (κ2) is 11.2. The fourth-order valence-corrected chi connectivity index (χ4v) is 3.56. The van der Waals surface area contributed by atoms with Gasteiger partial charge in [0, 0.05) is 19.6 Å². The molecule has 1 aliphatic rings. The molecule has 2 aromatic rings. The lowest BCUT2D eigenvalue weighted by molar-refractivity contribution is -0.136. The van der Waals surface area contributed by atoms with Gasteiger partial charge in [-0.3, -0.25) is 14.4 Å². The molecule has 0 unspecified atom stereocenters. The maximum Gasteiger partial charge on any atom is 0.313 e. The van der Waals surface area contributed by atoms with Crippen molar-refractivity contribution in [1.29, 1.82) is 0 Å². The Labute approximate surface area is 187 Å². The standard InChI is InChI=1S/C24H29N3O5/c1-17-8-9-21(31-2)20(14-17)26-24(30)23(29)25-15-18-10-12-27(13-11-18)22(28)16-32-19-6-4-3-5-7-19/h3-9,14,18H,10-13,15-16H2,1-2H3,(H,25,29)(H,26,30). The Kier molecular flexibility index (Phi) is 8.08. The molecule has 0 bridgehead atoms. The minimum absolute atomic E-state index is 0.00795. The summed E-state index contributed by atoms with van der Waals surface area (Å²) in [7, 11) is 1.51. The van der Waals surface area contributed by atoms with Gasteiger partial charge in [-0.05, 0) is 55.5 Å². The van der Waals surface area contributed by atoms with E-state index in [1.165, 1.54) is 7.11 Å². The predicted octanol–water partition coefficient (Wildman–Crippen LogP) is 2.38. The molecule has 3 amide bonds. The second-order valence-corrected chi connectivity index (χ2v) is 7.79. The van der Waals surface area contributed by atoms with E-state index in [9.17, 15) is 14.4 Å². The minimum atomic E-state index is -0.737. The molecule has 170 valence electrons. The van der Waals surface area contributed by atoms with Crippen LogP contribution in [-0.4, -0.2) is 56.0 Å². The number of methoxy groups -OCH3 is 1. The molecule has 1 saturated heterocycles. The van der Waals surface area contributed by atoms with Gasteiger partial charge in [0.05, 0.1) is 12.8 Å². The van der Waals surface area contributed by atoms with Crippen LogP contribution in [-0.2, 0) is 14.4 Å². The van der Waals surface area contributed by atoms with Gasteiger partial charge in [-0.1, -0.05) is 24.3 Å². The summed E-state index contributed by atoms with van der Waals surface area (Å²) in [6.45, 7) is 3.49. The summed E-state index contributed by atoms with van der Waals surface area (Å²) in [5.74, 6) is -0.116. The van der Waals surface area contributed by atoms with Crippen molar-refractivity contribution >= 4 is 23.4 Å². The summed E-state index contributed by atoms with van der Waals surface area (Å²) in [6.07, 6.45) is 1.51. The molecule has 1 heterocycles. The van der Waals surface area contributed by atoms with Crippen LogP contribution in [0.4, 0.5) is 5.69 Å². The van der Waals surface area contributed by atoms with Crippen LogP contribution in [0.3, 0.4) is 0 Å². The molecular formula is C24H29N3O5. The molecule has 2 aromatic carbocycles. The monoisotopic (exact) mass is 439 g/mol. The maximum atomic E-state index is 12.4. The zero-order chi connectivity index (χ0) is 22.9. The Morgan fingerprint density at radius 3 is 2.44 bits per heavy atom. The first kappa shape index (κ1) is 23.1. The normalized spacial score (nSPS) is 13.9. The zero-order valence-electron chi connectivity index (χ0n) is 18.4. The number of carbonyl (C=O) groups excluding carboxylic acids is 3. The summed E-state index contributed by atoms with van der Waals surface area (Å²) in [5, 5.41) is 5.29. The second-order valence-electron chi connectivity index (χ2n) is 7.79. The van der Waals surface area contributed by atoms with E-state index >= 15 is 0 Å². The fraction of sp³-hybridized carbons (Fsp3) is 0.375. The van der Waals surface area contributed by atoms with E-state index in [4.69, 9.17) is 9.47 Å². The fourth-order valence-electron chi connectivity index (χ4n) is 3.56. The lowest BCUT2D eigenvalue weighted by atomic mass is 9.96. The summed E-state index contributed by atoms with van der Waals surface area (Å²) in [4.78, 5) is 38.6. The van der Waals surface area contributed by atoms with Crippen molar-refractivity contribution in [2.45, 2.75) is 19.8 Å². The number of benzene rings is 2. The number of hydrogen-bond donors (Lipinski definition) is 2. The molecule has 8 heteroatoms. The molecule has 0 radical (unpaired) electrons. The lowest BCUT2D eigenvalue weighted by Crippen LogP contribution is -2.44. The average Bonchev–Trinajstić information content (AvgIpc) is 2.82. The summed E-state index contributed by atoms with van der Waals surface area (Å²) >= 11 is 0. The minimum Gasteiger partial charge on any atom is -0.495 e. The highest BCUT2D eigenvalue weighted by atomic mass is 16.5. The van der Waals surface area contributed by atoms with Crippen LogP contribution < -0.4 is 20.1 Å². The van der Waals surface area contributed by atoms with Crippen molar-refractivity contribution in [2.24, 2.45) is 5.92 Å². The van der Waals surface area contributed by atoms with Crippen molar-refractivity contribution in [3.8, 4) is 11.5 Å². The van der Waals surface area contributed by atoms with Gasteiger partial charge in [-0.2, -0.15) is 0 Å². The van der Waals surface area contributed by atoms with Crippen LogP contribution in [0.2, 0.25) is 0 Å². The van der Waals surface area contributed by atoms with Gasteiger partial charge >= 0.3 is 11.8 Å². The predicted molar refractivity (Wildman–Crippen MR) is 121 cm³/mol. The molecule has 1 fully saturated rings. The van der Waals surface area contributed by atoms with E-state index in [0.717, 1.165) is 18.4 Å². The van der Waals surface area contributed by atoms with E-state index in [-0.39, 0.29) is 18.4 Å². The first-order valence-corrected chi connectivity index (χ1v) is 10.7. The van der Waals surface area contributed by atoms with Crippen LogP contribution in [0.5, 0.6) is 11.5 Å². The summed E-state index contributed by atoms with van der Waals surface area (Å²) < 4.78 is 10.7. The first-order valence-electron chi connectivity index (χ1n) is 10.7. The maximum absolute atomic E-state index is 12.4. The third kappa shape index (κ3) is 6.47. The molecule has 2 N–H and O–H groups in total. The molecule has 0 saturated carbocycles. The number of aryl methyl sites for hydroxylation is 1. The Morgan fingerprint density at radius 1 is 1.03 bits per heavy atom. The average molecular weight is 440 g/mol. The van der Waals surface area contributed by atoms with E-state index < -0.39 is 11.8 Å². The van der Waals surface area contributed by atoms with Crippen LogP contribution in [0.1, 0.15) is 18.4 Å². The Morgan fingerprint density at radius 2 is 1.75 bits per heavy atom. The molecular weight excluding hydrogens is 410 g/mol. The number of amides is 3. The molecule has 0 atom stereocenters. The van der Waals surface area contributed by atoms with Gasteiger partial charge in [0.1, 0.15) is 11.5 Å². The molecule has 3 rings (SSSR count). The third-order valence-corrected chi connectivity index (χ3v) is 5.43. The highest BCUT2D eigenvalue weighted by Gasteiger charge is 2.24. The number of hydrogen-bond acceptors (Lipinski definition) is 5. The molecule has 32 heavy (non-hydrogen) atoms. The number of anilines is 1. The van der Waals surface area contributed by atoms with E-state index in [0.29, 0.717) is 36.8 Å². The topological polar surface area (TPSA) is 97.0 Å². The van der Waals surface area contributed by atoms with Crippen LogP contribution in [0.25, 0.3) is 0 Å². The van der Waals surface area contributed by atoms with Crippen LogP contribution >= 0.6 is 0 Å². The smallest absolute Gasteiger partial charge is 0.313 e. The Bertz CT molecular complexity index is 940. The van der Waals surface area contributed by atoms with Gasteiger partial charge in [0.2, 0.25) is 0 Å². The Hall–Kier alpha value is -3.55. The van der Waals surface area contributed by atoms with Gasteiger partial charge in [0.25, 0.3) is 5.91 Å². The lowest BCUT2D eigenvalue weighted by Gasteiger charge is -2.32. The number of para-hydroxylation sites is 1. The van der Waals surface area contributed by atoms with Gasteiger partial charge < -0.3 is 25.0 Å². The molecule has 0 aliphatic carbocycles. The molecule has 8 nitrogen and oxygen atoms in total. The highest BCUT2D eigenvalue weighted by Crippen LogP contribution is 2.25. The third-order valence-electron chi connectivity index (χ3n) is 5.43. The van der Waals surface area contributed by atoms with Crippen molar-refractivity contribution in [2.75, 3.05) is 38.7 Å². The van der Waals surface area contributed by atoms with Gasteiger partial charge in [-0.25, -0.2) is 0 Å². The first-order chi connectivity index (χ1) is 15.5. The van der Waals surface area contributed by atoms with Crippen LogP contribution in [0.15, 0.2) is 48.5 Å². The molecule has 1 aliphatic heterocycles. The largest absolute Gasteiger partial charge is 0.495 e. The number of piperidine rings is 1. The number of carbonyl (C=O) groups is 3. The van der Waals surface area contributed by atoms with Crippen LogP contribution in [0, 0.1) is 12.8 Å². The zero-order valence-corrected chi connectivity index (χ0v) is 18.4. The highest BCUT2D eigenvalue weighted by molar-refractivity contribution is 6.39. The molecule has 0 aromatic heterocycles. The molecule has 0 spiro atoms. The van der Waals surface area contributed by atoms with Crippen molar-refractivity contribution in [3.05, 3.63) is 54.1 Å². The summed E-state index contributed by atoms with van der Waals surface area (Å²) in [5.41, 5.74) is 1.40.